The van der Waals surface area contributed by atoms with E-state index in [1.807, 2.05) is 6.92 Å². The van der Waals surface area contributed by atoms with Crippen LogP contribution >= 0.6 is 0 Å². The van der Waals surface area contributed by atoms with Gasteiger partial charge in [-0.3, -0.25) is 5.43 Å². The van der Waals surface area contributed by atoms with Gasteiger partial charge in [0.25, 0.3) is 0 Å². The number of hydrazine groups is 1. The maximum Gasteiger partial charge on any atom is 0.206 e. The van der Waals surface area contributed by atoms with Crippen molar-refractivity contribution in [1.29, 1.82) is 0 Å². The smallest absolute Gasteiger partial charge is 0.206 e. The van der Waals surface area contributed by atoms with Crippen LogP contribution in [0.4, 0.5) is 0 Å². The Bertz CT molecular complexity index is 251. The van der Waals surface area contributed by atoms with Crippen LogP contribution in [0.3, 0.4) is 0 Å². The normalized spacial score (nSPS) is 21.4. The van der Waals surface area contributed by atoms with E-state index in [1.165, 1.54) is 32.1 Å². The minimum Gasteiger partial charge on any atom is -0.383 e. The molecule has 18 heavy (non-hydrogen) atoms. The predicted molar refractivity (Wildman–Crippen MR) is 75.3 cm³/mol. The molecule has 0 amide bonds. The van der Waals surface area contributed by atoms with E-state index < -0.39 is 0 Å². The minimum atomic E-state index is 0.198. The average Bonchev–Trinajstić information content (AvgIpc) is 2.39. The quantitative estimate of drug-likeness (QED) is 0.301. The fourth-order valence-corrected chi connectivity index (χ4v) is 2.57. The molecule has 4 N–H and O–H groups in total. The van der Waals surface area contributed by atoms with Crippen molar-refractivity contribution in [2.24, 2.45) is 16.8 Å². The van der Waals surface area contributed by atoms with Gasteiger partial charge >= 0.3 is 0 Å². The standard InChI is InChI=1S/C13H28N4O/c1-10(9-18-3)15-13(17-14)16-11(2)12-7-5-4-6-8-12/h10-12H,4-9,14H2,1-3H3,(H2,15,16,17). The van der Waals surface area contributed by atoms with E-state index in [1.54, 1.807) is 7.11 Å². The molecule has 0 saturated heterocycles. The zero-order valence-electron chi connectivity index (χ0n) is 11.9. The summed E-state index contributed by atoms with van der Waals surface area (Å²) < 4.78 is 5.08. The zero-order valence-corrected chi connectivity index (χ0v) is 11.9. The Kier molecular flexibility index (Phi) is 7.05. The van der Waals surface area contributed by atoms with Gasteiger partial charge in [0.1, 0.15) is 0 Å². The van der Waals surface area contributed by atoms with Crippen molar-refractivity contribution in [3.63, 3.8) is 0 Å². The number of rotatable bonds is 5. The van der Waals surface area contributed by atoms with Crippen molar-refractivity contribution in [2.45, 2.75) is 58.0 Å². The van der Waals surface area contributed by atoms with Crippen LogP contribution < -0.4 is 16.6 Å². The van der Waals surface area contributed by atoms with Gasteiger partial charge in [0.05, 0.1) is 12.6 Å². The fourth-order valence-electron chi connectivity index (χ4n) is 2.57. The lowest BCUT2D eigenvalue weighted by molar-refractivity contribution is 0.179. The summed E-state index contributed by atoms with van der Waals surface area (Å²) in [5.74, 6) is 6.87. The molecule has 5 heteroatoms. The van der Waals surface area contributed by atoms with Crippen LogP contribution in [0, 0.1) is 5.92 Å². The van der Waals surface area contributed by atoms with Gasteiger partial charge in [-0.1, -0.05) is 19.3 Å². The molecular weight excluding hydrogens is 228 g/mol. The van der Waals surface area contributed by atoms with E-state index in [-0.39, 0.29) is 6.04 Å². The van der Waals surface area contributed by atoms with Crippen molar-refractivity contribution in [2.75, 3.05) is 13.7 Å². The highest BCUT2D eigenvalue weighted by Gasteiger charge is 2.20. The molecule has 2 atom stereocenters. The van der Waals surface area contributed by atoms with Crippen LogP contribution in [0.15, 0.2) is 4.99 Å². The molecule has 0 heterocycles. The average molecular weight is 256 g/mol. The second kappa shape index (κ2) is 8.32. The van der Waals surface area contributed by atoms with E-state index in [0.717, 1.165) is 0 Å². The number of nitrogens with one attached hydrogen (secondary N) is 2. The number of methoxy groups -OCH3 is 1. The second-order valence-electron chi connectivity index (χ2n) is 5.26. The van der Waals surface area contributed by atoms with E-state index in [2.05, 4.69) is 22.7 Å². The van der Waals surface area contributed by atoms with E-state index in [9.17, 15) is 0 Å². The fraction of sp³-hybridized carbons (Fsp3) is 0.923. The highest BCUT2D eigenvalue weighted by atomic mass is 16.5. The molecule has 0 aromatic rings. The van der Waals surface area contributed by atoms with Crippen LogP contribution in [0.5, 0.6) is 0 Å². The van der Waals surface area contributed by atoms with Crippen LogP contribution in [0.2, 0.25) is 0 Å². The third-order valence-electron chi connectivity index (χ3n) is 3.60. The highest BCUT2D eigenvalue weighted by Crippen LogP contribution is 2.27. The highest BCUT2D eigenvalue weighted by molar-refractivity contribution is 5.79. The topological polar surface area (TPSA) is 71.7 Å². The third-order valence-corrected chi connectivity index (χ3v) is 3.60. The second-order valence-corrected chi connectivity index (χ2v) is 5.26. The summed E-state index contributed by atoms with van der Waals surface area (Å²) in [6.07, 6.45) is 6.62. The largest absolute Gasteiger partial charge is 0.383 e. The Morgan fingerprint density at radius 3 is 2.56 bits per heavy atom. The Hall–Kier alpha value is -0.810. The summed E-state index contributed by atoms with van der Waals surface area (Å²) in [5.41, 5.74) is 2.64. The van der Waals surface area contributed by atoms with Crippen molar-refractivity contribution in [1.82, 2.24) is 10.7 Å². The first-order chi connectivity index (χ1) is 8.67. The minimum absolute atomic E-state index is 0.198. The van der Waals surface area contributed by atoms with Crippen LogP contribution in [-0.4, -0.2) is 31.8 Å². The lowest BCUT2D eigenvalue weighted by atomic mass is 9.85. The number of guanidine groups is 1. The van der Waals surface area contributed by atoms with Gasteiger partial charge in [0.2, 0.25) is 5.96 Å². The van der Waals surface area contributed by atoms with Crippen molar-refractivity contribution in [3.05, 3.63) is 0 Å². The SMILES string of the molecule is COCC(C)NC(=NC(C)C1CCCCC1)NN. The lowest BCUT2D eigenvalue weighted by Crippen LogP contribution is -2.47. The van der Waals surface area contributed by atoms with Gasteiger partial charge in [-0.25, -0.2) is 10.8 Å². The summed E-state index contributed by atoms with van der Waals surface area (Å²) in [4.78, 5) is 4.65. The molecule has 0 radical (unpaired) electrons. The van der Waals surface area contributed by atoms with Crippen LogP contribution in [0.1, 0.15) is 46.0 Å². The molecule has 0 aromatic carbocycles. The molecule has 1 aliphatic carbocycles. The number of aliphatic imine (C=N–C) groups is 1. The lowest BCUT2D eigenvalue weighted by Gasteiger charge is -2.26. The Labute approximate surface area is 111 Å². The molecule has 0 bridgehead atoms. The zero-order chi connectivity index (χ0) is 13.4. The third kappa shape index (κ3) is 5.23. The molecule has 1 fully saturated rings. The van der Waals surface area contributed by atoms with E-state index in [4.69, 9.17) is 10.6 Å². The van der Waals surface area contributed by atoms with Crippen LogP contribution in [-0.2, 0) is 4.74 Å². The van der Waals surface area contributed by atoms with Gasteiger partial charge in [-0.05, 0) is 32.6 Å². The first-order valence-electron chi connectivity index (χ1n) is 6.97. The van der Waals surface area contributed by atoms with E-state index in [0.29, 0.717) is 24.5 Å². The van der Waals surface area contributed by atoms with Crippen LogP contribution in [0.25, 0.3) is 0 Å². The first-order valence-corrected chi connectivity index (χ1v) is 6.97. The maximum atomic E-state index is 5.51. The van der Waals surface area contributed by atoms with Gasteiger partial charge < -0.3 is 10.1 Å². The molecule has 1 saturated carbocycles. The molecule has 106 valence electrons. The summed E-state index contributed by atoms with van der Waals surface area (Å²) in [7, 11) is 1.69. The Morgan fingerprint density at radius 2 is 2.00 bits per heavy atom. The van der Waals surface area contributed by atoms with Crippen molar-refractivity contribution in [3.8, 4) is 0 Å². The number of nitrogens with two attached hydrogens (primary N) is 1. The molecule has 5 nitrogen and oxygen atoms in total. The van der Waals surface area contributed by atoms with Gasteiger partial charge in [0.15, 0.2) is 0 Å². The van der Waals surface area contributed by atoms with Crippen molar-refractivity contribution >= 4 is 5.96 Å². The summed E-state index contributed by atoms with van der Waals surface area (Å²) in [6.45, 7) is 4.86. The van der Waals surface area contributed by atoms with Gasteiger partial charge in [0, 0.05) is 13.2 Å². The van der Waals surface area contributed by atoms with Gasteiger partial charge in [-0.2, -0.15) is 0 Å². The molecule has 1 aliphatic rings. The predicted octanol–water partition coefficient (Wildman–Crippen LogP) is 1.40. The number of ether oxygens (including phenoxy) is 1. The monoisotopic (exact) mass is 256 g/mol. The maximum absolute atomic E-state index is 5.51. The van der Waals surface area contributed by atoms with E-state index >= 15 is 0 Å². The van der Waals surface area contributed by atoms with Crippen molar-refractivity contribution < 1.29 is 4.74 Å². The molecule has 2 unspecified atom stereocenters. The number of nitrogens with zero attached hydrogens (tertiary/aromatic N) is 1. The molecule has 0 aliphatic heterocycles. The summed E-state index contributed by atoms with van der Waals surface area (Å²) in [6, 6.07) is 0.516. The number of hydrogen-bond donors (Lipinski definition) is 3. The molecule has 1 rings (SSSR count). The molecule has 0 aromatic heterocycles. The molecule has 0 spiro atoms. The number of hydrogen-bond acceptors (Lipinski definition) is 3. The summed E-state index contributed by atoms with van der Waals surface area (Å²) >= 11 is 0. The summed E-state index contributed by atoms with van der Waals surface area (Å²) in [5, 5.41) is 3.23. The Balaban J connectivity index is 2.48. The van der Waals surface area contributed by atoms with Gasteiger partial charge in [-0.15, -0.1) is 0 Å². The Morgan fingerprint density at radius 1 is 1.33 bits per heavy atom. The first kappa shape index (κ1) is 15.2. The molecular formula is C13H28N4O.